The Kier molecular flexibility index (Phi) is 4.94. The molecule has 0 aliphatic rings. The van der Waals surface area contributed by atoms with E-state index in [-0.39, 0.29) is 12.4 Å². The molecule has 0 spiro atoms. The van der Waals surface area contributed by atoms with E-state index in [0.29, 0.717) is 0 Å². The van der Waals surface area contributed by atoms with E-state index in [0.717, 1.165) is 5.56 Å². The smallest absolute Gasteiger partial charge is 0.374 e. The number of hydrogen-bond acceptors (Lipinski definition) is 4. The van der Waals surface area contributed by atoms with Crippen molar-refractivity contribution in [3.05, 3.63) is 41.7 Å². The summed E-state index contributed by atoms with van der Waals surface area (Å²) in [7, 11) is 0. The molecule has 1 aromatic rings. The van der Waals surface area contributed by atoms with Gasteiger partial charge in [-0.05, 0) is 18.6 Å². The first-order chi connectivity index (χ1) is 8.13. The summed E-state index contributed by atoms with van der Waals surface area (Å²) in [5, 5.41) is 0. The van der Waals surface area contributed by atoms with Crippen LogP contribution in [0.15, 0.2) is 36.1 Å². The molecule has 0 heterocycles. The topological polar surface area (TPSA) is 52.6 Å². The van der Waals surface area contributed by atoms with Crippen LogP contribution in [0.4, 0.5) is 0 Å². The third kappa shape index (κ3) is 4.51. The van der Waals surface area contributed by atoms with E-state index in [9.17, 15) is 9.59 Å². The van der Waals surface area contributed by atoms with Gasteiger partial charge in [-0.15, -0.1) is 0 Å². The lowest BCUT2D eigenvalue weighted by molar-refractivity contribution is -0.149. The average molecular weight is 234 g/mol. The molecule has 0 saturated heterocycles. The molecule has 0 aliphatic carbocycles. The third-order valence-electron chi connectivity index (χ3n) is 1.83. The molecular weight excluding hydrogens is 220 g/mol. The van der Waals surface area contributed by atoms with Crippen molar-refractivity contribution in [3.63, 3.8) is 0 Å². The van der Waals surface area contributed by atoms with Crippen LogP contribution >= 0.6 is 0 Å². The number of carbonyl (C=O) groups excluding carboxylic acids is 2. The summed E-state index contributed by atoms with van der Waals surface area (Å²) < 4.78 is 9.61. The Morgan fingerprint density at radius 2 is 1.88 bits per heavy atom. The first-order valence-electron chi connectivity index (χ1n) is 5.25. The highest BCUT2D eigenvalue weighted by Gasteiger charge is 2.14. The van der Waals surface area contributed by atoms with Crippen LogP contribution < -0.4 is 0 Å². The van der Waals surface area contributed by atoms with E-state index in [1.54, 1.807) is 19.1 Å². The number of ether oxygens (including phenoxy) is 2. The van der Waals surface area contributed by atoms with Crippen LogP contribution in [0.5, 0.6) is 0 Å². The molecule has 0 atom stereocenters. The lowest BCUT2D eigenvalue weighted by Crippen LogP contribution is -2.12. The van der Waals surface area contributed by atoms with Gasteiger partial charge in [0.25, 0.3) is 0 Å². The Labute approximate surface area is 99.8 Å². The molecular formula is C13H14O4. The molecule has 4 heteroatoms. The summed E-state index contributed by atoms with van der Waals surface area (Å²) in [6.45, 7) is 3.15. The van der Waals surface area contributed by atoms with Crippen LogP contribution in [0.25, 0.3) is 6.08 Å². The standard InChI is InChI=1S/C13H14O4/c1-3-16-13(15)12(17-10(2)14)9-11-7-5-4-6-8-11/h4-9H,3H2,1-2H3/b12-9-. The minimum absolute atomic E-state index is 0.106. The molecule has 17 heavy (non-hydrogen) atoms. The number of rotatable bonds is 4. The first kappa shape index (κ1) is 13.0. The van der Waals surface area contributed by atoms with Gasteiger partial charge in [0.1, 0.15) is 0 Å². The fraction of sp³-hybridized carbons (Fsp3) is 0.231. The summed E-state index contributed by atoms with van der Waals surface area (Å²) in [5.41, 5.74) is 0.761. The molecule has 0 amide bonds. The molecule has 90 valence electrons. The summed E-state index contributed by atoms with van der Waals surface area (Å²) in [4.78, 5) is 22.4. The van der Waals surface area contributed by atoms with Gasteiger partial charge in [0.05, 0.1) is 6.61 Å². The highest BCUT2D eigenvalue weighted by atomic mass is 16.6. The maximum Gasteiger partial charge on any atom is 0.374 e. The van der Waals surface area contributed by atoms with Crippen LogP contribution in [0.3, 0.4) is 0 Å². The quantitative estimate of drug-likeness (QED) is 0.455. The maximum absolute atomic E-state index is 11.5. The molecule has 0 fully saturated rings. The minimum atomic E-state index is -0.647. The van der Waals surface area contributed by atoms with Crippen molar-refractivity contribution >= 4 is 18.0 Å². The van der Waals surface area contributed by atoms with Crippen molar-refractivity contribution < 1.29 is 19.1 Å². The number of hydrogen-bond donors (Lipinski definition) is 0. The molecule has 0 aromatic heterocycles. The Morgan fingerprint density at radius 3 is 2.41 bits per heavy atom. The van der Waals surface area contributed by atoms with Crippen molar-refractivity contribution in [1.82, 2.24) is 0 Å². The van der Waals surface area contributed by atoms with E-state index in [1.165, 1.54) is 13.0 Å². The normalized spacial score (nSPS) is 10.8. The Balaban J connectivity index is 2.93. The fourth-order valence-corrected chi connectivity index (χ4v) is 1.19. The predicted molar refractivity (Wildman–Crippen MR) is 62.8 cm³/mol. The third-order valence-corrected chi connectivity index (χ3v) is 1.83. The van der Waals surface area contributed by atoms with Crippen molar-refractivity contribution in [2.75, 3.05) is 6.61 Å². The van der Waals surface area contributed by atoms with E-state index < -0.39 is 11.9 Å². The van der Waals surface area contributed by atoms with Crippen molar-refractivity contribution in [2.45, 2.75) is 13.8 Å². The molecule has 1 aromatic carbocycles. The van der Waals surface area contributed by atoms with Crippen LogP contribution in [-0.4, -0.2) is 18.5 Å². The van der Waals surface area contributed by atoms with E-state index >= 15 is 0 Å². The predicted octanol–water partition coefficient (Wildman–Crippen LogP) is 2.15. The van der Waals surface area contributed by atoms with Gasteiger partial charge in [0.15, 0.2) is 0 Å². The minimum Gasteiger partial charge on any atom is -0.460 e. The first-order valence-corrected chi connectivity index (χ1v) is 5.25. The van der Waals surface area contributed by atoms with Gasteiger partial charge >= 0.3 is 11.9 Å². The monoisotopic (exact) mass is 234 g/mol. The van der Waals surface area contributed by atoms with Gasteiger partial charge in [0.2, 0.25) is 5.76 Å². The van der Waals surface area contributed by atoms with Gasteiger partial charge in [0, 0.05) is 6.92 Å². The zero-order chi connectivity index (χ0) is 12.7. The summed E-state index contributed by atoms with van der Waals surface area (Å²) in [6.07, 6.45) is 1.47. The van der Waals surface area contributed by atoms with Crippen molar-refractivity contribution in [2.24, 2.45) is 0 Å². The number of carbonyl (C=O) groups is 2. The van der Waals surface area contributed by atoms with Crippen LogP contribution in [-0.2, 0) is 19.1 Å². The van der Waals surface area contributed by atoms with Gasteiger partial charge in [-0.25, -0.2) is 4.79 Å². The van der Waals surface area contributed by atoms with Gasteiger partial charge in [-0.2, -0.15) is 0 Å². The molecule has 0 saturated carbocycles. The summed E-state index contributed by atoms with van der Waals surface area (Å²) in [5.74, 6) is -1.31. The molecule has 0 bridgehead atoms. The van der Waals surface area contributed by atoms with Crippen molar-refractivity contribution in [3.8, 4) is 0 Å². The van der Waals surface area contributed by atoms with Crippen molar-refractivity contribution in [1.29, 1.82) is 0 Å². The molecule has 1 rings (SSSR count). The lowest BCUT2D eigenvalue weighted by atomic mass is 10.2. The second-order valence-electron chi connectivity index (χ2n) is 3.23. The Bertz CT molecular complexity index is 420. The molecule has 4 nitrogen and oxygen atoms in total. The molecule has 0 unspecified atom stereocenters. The van der Waals surface area contributed by atoms with Gasteiger partial charge in [-0.1, -0.05) is 30.3 Å². The van der Waals surface area contributed by atoms with E-state index in [2.05, 4.69) is 0 Å². The highest BCUT2D eigenvalue weighted by Crippen LogP contribution is 2.09. The molecule has 0 radical (unpaired) electrons. The number of esters is 2. The zero-order valence-corrected chi connectivity index (χ0v) is 9.80. The van der Waals surface area contributed by atoms with E-state index in [4.69, 9.17) is 9.47 Å². The average Bonchev–Trinajstić information content (AvgIpc) is 2.29. The maximum atomic E-state index is 11.5. The second kappa shape index (κ2) is 6.48. The van der Waals surface area contributed by atoms with Crippen LogP contribution in [0.2, 0.25) is 0 Å². The van der Waals surface area contributed by atoms with Crippen LogP contribution in [0.1, 0.15) is 19.4 Å². The second-order valence-corrected chi connectivity index (χ2v) is 3.23. The Hall–Kier alpha value is -2.10. The largest absolute Gasteiger partial charge is 0.460 e. The molecule has 0 aliphatic heterocycles. The SMILES string of the molecule is CCOC(=O)/C(=C/c1ccccc1)OC(C)=O. The van der Waals surface area contributed by atoms with Gasteiger partial charge in [-0.3, -0.25) is 4.79 Å². The van der Waals surface area contributed by atoms with Crippen LogP contribution in [0, 0.1) is 0 Å². The summed E-state index contributed by atoms with van der Waals surface area (Å²) >= 11 is 0. The highest BCUT2D eigenvalue weighted by molar-refractivity contribution is 5.93. The fourth-order valence-electron chi connectivity index (χ4n) is 1.19. The summed E-state index contributed by atoms with van der Waals surface area (Å²) in [6, 6.07) is 9.09. The Morgan fingerprint density at radius 1 is 1.24 bits per heavy atom. The molecule has 0 N–H and O–H groups in total. The van der Waals surface area contributed by atoms with Gasteiger partial charge < -0.3 is 9.47 Å². The zero-order valence-electron chi connectivity index (χ0n) is 9.80. The number of benzene rings is 1. The lowest BCUT2D eigenvalue weighted by Gasteiger charge is -2.06. The van der Waals surface area contributed by atoms with E-state index in [1.807, 2.05) is 18.2 Å².